The van der Waals surface area contributed by atoms with Gasteiger partial charge in [0.25, 0.3) is 0 Å². The third-order valence-corrected chi connectivity index (χ3v) is 4.89. The van der Waals surface area contributed by atoms with E-state index >= 15 is 0 Å². The van der Waals surface area contributed by atoms with Crippen molar-refractivity contribution in [3.8, 4) is 0 Å². The SMILES string of the molecule is C.O=C(OCC1CCC(COC(=O)c2ccccc2)CC1)c1ccccc1. The minimum atomic E-state index is -0.260. The molecule has 2 aromatic carbocycles. The smallest absolute Gasteiger partial charge is 0.338 e. The number of carbonyl (C=O) groups is 2. The Balaban J connectivity index is 0.00000261. The van der Waals surface area contributed by atoms with E-state index in [1.165, 1.54) is 0 Å². The van der Waals surface area contributed by atoms with E-state index < -0.39 is 0 Å². The molecule has 0 atom stereocenters. The summed E-state index contributed by atoms with van der Waals surface area (Å²) in [7, 11) is 0. The van der Waals surface area contributed by atoms with E-state index in [0.29, 0.717) is 36.2 Å². The number of hydrogen-bond acceptors (Lipinski definition) is 4. The van der Waals surface area contributed by atoms with Crippen molar-refractivity contribution in [1.29, 1.82) is 0 Å². The number of ether oxygens (including phenoxy) is 2. The molecule has 0 bridgehead atoms. The lowest BCUT2D eigenvalue weighted by Crippen LogP contribution is -2.24. The number of esters is 2. The van der Waals surface area contributed by atoms with Crippen molar-refractivity contribution >= 4 is 11.9 Å². The van der Waals surface area contributed by atoms with Crippen LogP contribution in [0.1, 0.15) is 53.8 Å². The molecule has 0 saturated heterocycles. The molecule has 0 heterocycles. The van der Waals surface area contributed by atoms with E-state index in [9.17, 15) is 9.59 Å². The summed E-state index contributed by atoms with van der Waals surface area (Å²) in [6.45, 7) is 0.925. The van der Waals surface area contributed by atoms with Gasteiger partial charge in [-0.25, -0.2) is 9.59 Å². The topological polar surface area (TPSA) is 52.6 Å². The van der Waals surface area contributed by atoms with E-state index in [0.717, 1.165) is 25.7 Å². The first kappa shape index (κ1) is 20.7. The van der Waals surface area contributed by atoms with Gasteiger partial charge in [-0.05, 0) is 61.8 Å². The van der Waals surface area contributed by atoms with Gasteiger partial charge < -0.3 is 9.47 Å². The number of rotatable bonds is 6. The first-order valence-corrected chi connectivity index (χ1v) is 9.16. The average Bonchev–Trinajstić information content (AvgIpc) is 2.72. The molecule has 27 heavy (non-hydrogen) atoms. The predicted molar refractivity (Wildman–Crippen MR) is 106 cm³/mol. The first-order chi connectivity index (χ1) is 12.7. The van der Waals surface area contributed by atoms with Gasteiger partial charge in [0, 0.05) is 0 Å². The minimum absolute atomic E-state index is 0. The van der Waals surface area contributed by atoms with Crippen molar-refractivity contribution in [3.63, 3.8) is 0 Å². The zero-order valence-electron chi connectivity index (χ0n) is 14.8. The van der Waals surface area contributed by atoms with Gasteiger partial charge in [-0.2, -0.15) is 0 Å². The molecule has 2 aromatic rings. The second-order valence-electron chi connectivity index (χ2n) is 6.82. The van der Waals surface area contributed by atoms with Crippen LogP contribution in [0.25, 0.3) is 0 Å². The molecule has 1 aliphatic carbocycles. The maximum Gasteiger partial charge on any atom is 0.338 e. The van der Waals surface area contributed by atoms with E-state index in [1.54, 1.807) is 24.3 Å². The molecule has 3 rings (SSSR count). The average molecular weight is 368 g/mol. The fourth-order valence-electron chi connectivity index (χ4n) is 3.27. The van der Waals surface area contributed by atoms with Gasteiger partial charge in [0.05, 0.1) is 24.3 Å². The van der Waals surface area contributed by atoms with Crippen LogP contribution in [-0.2, 0) is 9.47 Å². The summed E-state index contributed by atoms with van der Waals surface area (Å²) < 4.78 is 10.9. The Hall–Kier alpha value is -2.62. The summed E-state index contributed by atoms with van der Waals surface area (Å²) in [5.74, 6) is 0.265. The molecule has 144 valence electrons. The molecule has 0 N–H and O–H groups in total. The lowest BCUT2D eigenvalue weighted by molar-refractivity contribution is 0.0297. The van der Waals surface area contributed by atoms with Crippen LogP contribution in [0.4, 0.5) is 0 Å². The lowest BCUT2D eigenvalue weighted by atomic mass is 9.83. The van der Waals surface area contributed by atoms with Gasteiger partial charge >= 0.3 is 11.9 Å². The number of carbonyl (C=O) groups excluding carboxylic acids is 2. The van der Waals surface area contributed by atoms with Crippen LogP contribution in [-0.4, -0.2) is 25.2 Å². The molecule has 1 saturated carbocycles. The van der Waals surface area contributed by atoms with Crippen molar-refractivity contribution in [2.24, 2.45) is 11.8 Å². The van der Waals surface area contributed by atoms with Gasteiger partial charge in [-0.15, -0.1) is 0 Å². The Bertz CT molecular complexity index is 640. The van der Waals surface area contributed by atoms with Crippen molar-refractivity contribution in [2.75, 3.05) is 13.2 Å². The van der Waals surface area contributed by atoms with Gasteiger partial charge in [0.1, 0.15) is 0 Å². The quantitative estimate of drug-likeness (QED) is 0.662. The fourth-order valence-corrected chi connectivity index (χ4v) is 3.27. The van der Waals surface area contributed by atoms with Crippen LogP contribution < -0.4 is 0 Å². The van der Waals surface area contributed by atoms with Gasteiger partial charge in [-0.1, -0.05) is 43.8 Å². The summed E-state index contributed by atoms with van der Waals surface area (Å²) in [4.78, 5) is 24.0. The highest BCUT2D eigenvalue weighted by Crippen LogP contribution is 2.29. The highest BCUT2D eigenvalue weighted by Gasteiger charge is 2.23. The Morgan fingerprint density at radius 1 is 0.667 bits per heavy atom. The summed E-state index contributed by atoms with van der Waals surface area (Å²) in [5.41, 5.74) is 1.18. The lowest BCUT2D eigenvalue weighted by Gasteiger charge is -2.27. The molecule has 1 fully saturated rings. The van der Waals surface area contributed by atoms with Crippen molar-refractivity contribution in [2.45, 2.75) is 33.1 Å². The Morgan fingerprint density at radius 3 is 1.33 bits per heavy atom. The Morgan fingerprint density at radius 2 is 1.00 bits per heavy atom. The van der Waals surface area contributed by atoms with Crippen LogP contribution in [0.2, 0.25) is 0 Å². The molecule has 0 aromatic heterocycles. The van der Waals surface area contributed by atoms with Crippen LogP contribution in [0.3, 0.4) is 0 Å². The molecular formula is C23H28O4. The highest BCUT2D eigenvalue weighted by molar-refractivity contribution is 5.89. The third kappa shape index (κ3) is 6.24. The predicted octanol–water partition coefficient (Wildman–Crippen LogP) is 5.14. The molecule has 1 aliphatic rings. The summed E-state index contributed by atoms with van der Waals surface area (Å²) in [6, 6.07) is 18.1. The standard InChI is InChI=1S/C22H24O4.CH4/c23-21(19-7-3-1-4-8-19)25-15-17-11-13-18(14-12-17)16-26-22(24)20-9-5-2-6-10-20;/h1-10,17-18H,11-16H2;1H4. The number of hydrogen-bond donors (Lipinski definition) is 0. The monoisotopic (exact) mass is 368 g/mol. The maximum atomic E-state index is 12.0. The van der Waals surface area contributed by atoms with Gasteiger partial charge in [0.15, 0.2) is 0 Å². The third-order valence-electron chi connectivity index (χ3n) is 4.89. The first-order valence-electron chi connectivity index (χ1n) is 9.16. The van der Waals surface area contributed by atoms with Crippen molar-refractivity contribution in [3.05, 3.63) is 71.8 Å². The molecular weight excluding hydrogens is 340 g/mol. The summed E-state index contributed by atoms with van der Waals surface area (Å²) in [5, 5.41) is 0. The van der Waals surface area contributed by atoms with Gasteiger partial charge in [-0.3, -0.25) is 0 Å². The largest absolute Gasteiger partial charge is 0.462 e. The molecule has 0 unspecified atom stereocenters. The molecule has 0 aliphatic heterocycles. The second kappa shape index (κ2) is 10.5. The molecule has 0 spiro atoms. The maximum absolute atomic E-state index is 12.0. The zero-order valence-corrected chi connectivity index (χ0v) is 14.8. The van der Waals surface area contributed by atoms with Crippen LogP contribution in [0.5, 0.6) is 0 Å². The van der Waals surface area contributed by atoms with E-state index in [1.807, 2.05) is 36.4 Å². The molecule has 4 heteroatoms. The fraction of sp³-hybridized carbons (Fsp3) is 0.391. The normalized spacial score (nSPS) is 18.8. The van der Waals surface area contributed by atoms with E-state index in [4.69, 9.17) is 9.47 Å². The minimum Gasteiger partial charge on any atom is -0.462 e. The zero-order chi connectivity index (χ0) is 18.2. The van der Waals surface area contributed by atoms with E-state index in [2.05, 4.69) is 0 Å². The highest BCUT2D eigenvalue weighted by atomic mass is 16.5. The van der Waals surface area contributed by atoms with E-state index in [-0.39, 0.29) is 19.4 Å². The summed E-state index contributed by atoms with van der Waals surface area (Å²) in [6.07, 6.45) is 3.98. The summed E-state index contributed by atoms with van der Waals surface area (Å²) >= 11 is 0. The van der Waals surface area contributed by atoms with Gasteiger partial charge in [0.2, 0.25) is 0 Å². The van der Waals surface area contributed by atoms with Crippen LogP contribution >= 0.6 is 0 Å². The van der Waals surface area contributed by atoms with Crippen LogP contribution in [0, 0.1) is 11.8 Å². The molecule has 4 nitrogen and oxygen atoms in total. The molecule has 0 amide bonds. The number of benzene rings is 2. The molecule has 0 radical (unpaired) electrons. The van der Waals surface area contributed by atoms with Crippen molar-refractivity contribution < 1.29 is 19.1 Å². The van der Waals surface area contributed by atoms with Crippen LogP contribution in [0.15, 0.2) is 60.7 Å². The van der Waals surface area contributed by atoms with Crippen molar-refractivity contribution in [1.82, 2.24) is 0 Å². The second-order valence-corrected chi connectivity index (χ2v) is 6.82. The Kier molecular flexibility index (Phi) is 8.05. The Labute approximate surface area is 161 Å².